The third-order valence-corrected chi connectivity index (χ3v) is 7.69. The van der Waals surface area contributed by atoms with Gasteiger partial charge in [0, 0.05) is 17.1 Å². The monoisotopic (exact) mass is 442 g/mol. The van der Waals surface area contributed by atoms with Gasteiger partial charge in [-0.2, -0.15) is 0 Å². The Hall–Kier alpha value is -1.63. The molecule has 4 rings (SSSR count). The van der Waals surface area contributed by atoms with Gasteiger partial charge < -0.3 is 4.74 Å². The summed E-state index contributed by atoms with van der Waals surface area (Å²) in [6.45, 7) is 6.98. The van der Waals surface area contributed by atoms with Gasteiger partial charge in [0.1, 0.15) is 4.83 Å². The van der Waals surface area contributed by atoms with Crippen LogP contribution in [0.5, 0.6) is 0 Å². The normalized spacial score (nSPS) is 15.4. The van der Waals surface area contributed by atoms with Crippen LogP contribution < -0.4 is 5.56 Å². The summed E-state index contributed by atoms with van der Waals surface area (Å²) in [5.41, 5.74) is 1.81. The minimum atomic E-state index is -0.253. The van der Waals surface area contributed by atoms with Crippen molar-refractivity contribution in [3.63, 3.8) is 0 Å². The lowest BCUT2D eigenvalue weighted by atomic mass is 9.94. The number of aromatic nitrogens is 2. The number of nitrogens with zero attached hydrogens (tertiary/aromatic N) is 2. The first-order chi connectivity index (χ1) is 14.5. The standard InChI is InChI=1S/C24H30N2O2S2/c1-4-5-6-7-11-14-29-23-25-21-20(18-15-24(2,3)28-16-19(18)30-21)22(27)26(23)17-12-9-8-10-13-17/h8-10,12-13H,4-7,11,14-16H2,1-3H3. The van der Waals surface area contributed by atoms with Gasteiger partial charge in [0.15, 0.2) is 5.16 Å². The molecule has 0 spiro atoms. The molecule has 0 fully saturated rings. The second kappa shape index (κ2) is 9.25. The zero-order chi connectivity index (χ0) is 21.1. The van der Waals surface area contributed by atoms with Gasteiger partial charge in [-0.15, -0.1) is 11.3 Å². The average Bonchev–Trinajstić information content (AvgIpc) is 3.08. The van der Waals surface area contributed by atoms with E-state index in [1.54, 1.807) is 23.1 Å². The maximum Gasteiger partial charge on any atom is 0.267 e. The minimum Gasteiger partial charge on any atom is -0.370 e. The summed E-state index contributed by atoms with van der Waals surface area (Å²) in [4.78, 5) is 20.7. The van der Waals surface area contributed by atoms with E-state index in [2.05, 4.69) is 20.8 Å². The molecule has 4 nitrogen and oxygen atoms in total. The van der Waals surface area contributed by atoms with Gasteiger partial charge in [-0.05, 0) is 38.0 Å². The fourth-order valence-corrected chi connectivity index (χ4v) is 6.10. The molecule has 1 aliphatic rings. The molecular formula is C24H30N2O2S2. The van der Waals surface area contributed by atoms with Crippen LogP contribution >= 0.6 is 23.1 Å². The van der Waals surface area contributed by atoms with E-state index in [0.29, 0.717) is 6.61 Å². The zero-order valence-corrected chi connectivity index (χ0v) is 19.7. The van der Waals surface area contributed by atoms with Crippen LogP contribution in [0, 0.1) is 0 Å². The van der Waals surface area contributed by atoms with Gasteiger partial charge in [-0.25, -0.2) is 4.98 Å². The van der Waals surface area contributed by atoms with E-state index < -0.39 is 0 Å². The zero-order valence-electron chi connectivity index (χ0n) is 18.1. The molecule has 1 aliphatic heterocycles. The smallest absolute Gasteiger partial charge is 0.267 e. The Morgan fingerprint density at radius 2 is 1.93 bits per heavy atom. The van der Waals surface area contributed by atoms with Crippen LogP contribution in [0.1, 0.15) is 63.3 Å². The average molecular weight is 443 g/mol. The molecule has 3 aromatic rings. The van der Waals surface area contributed by atoms with Crippen molar-refractivity contribution in [1.29, 1.82) is 0 Å². The number of hydrogen-bond acceptors (Lipinski definition) is 5. The van der Waals surface area contributed by atoms with Crippen molar-refractivity contribution >= 4 is 33.3 Å². The largest absolute Gasteiger partial charge is 0.370 e. The van der Waals surface area contributed by atoms with Crippen LogP contribution in [0.4, 0.5) is 0 Å². The number of thioether (sulfide) groups is 1. The summed E-state index contributed by atoms with van der Waals surface area (Å²) in [7, 11) is 0. The number of para-hydroxylation sites is 1. The molecule has 160 valence electrons. The molecule has 3 heterocycles. The fraction of sp³-hybridized carbons (Fsp3) is 0.500. The molecule has 0 radical (unpaired) electrons. The maximum absolute atomic E-state index is 13.7. The number of thiophene rings is 1. The lowest BCUT2D eigenvalue weighted by molar-refractivity contribution is -0.0379. The highest BCUT2D eigenvalue weighted by molar-refractivity contribution is 7.99. The van der Waals surface area contributed by atoms with Crippen LogP contribution in [0.25, 0.3) is 15.9 Å². The summed E-state index contributed by atoms with van der Waals surface area (Å²) in [5, 5.41) is 1.58. The second-order valence-electron chi connectivity index (χ2n) is 8.54. The van der Waals surface area contributed by atoms with E-state index in [0.717, 1.165) is 50.1 Å². The van der Waals surface area contributed by atoms with Gasteiger partial charge >= 0.3 is 0 Å². The molecule has 0 aliphatic carbocycles. The molecule has 30 heavy (non-hydrogen) atoms. The van der Waals surface area contributed by atoms with Crippen LogP contribution in [0.2, 0.25) is 0 Å². The first kappa shape index (κ1) is 21.6. The lowest BCUT2D eigenvalue weighted by Gasteiger charge is -2.29. The minimum absolute atomic E-state index is 0.0508. The Bertz CT molecular complexity index is 1070. The van der Waals surface area contributed by atoms with Gasteiger partial charge in [0.05, 0.1) is 23.3 Å². The first-order valence-electron chi connectivity index (χ1n) is 10.9. The summed E-state index contributed by atoms with van der Waals surface area (Å²) in [6.07, 6.45) is 6.96. The third kappa shape index (κ3) is 4.51. The van der Waals surface area contributed by atoms with Crippen LogP contribution in [-0.4, -0.2) is 20.9 Å². The fourth-order valence-electron chi connectivity index (χ4n) is 3.94. The molecule has 6 heteroatoms. The highest BCUT2D eigenvalue weighted by Gasteiger charge is 2.31. The number of ether oxygens (including phenoxy) is 1. The van der Waals surface area contributed by atoms with Crippen LogP contribution in [0.3, 0.4) is 0 Å². The van der Waals surface area contributed by atoms with E-state index in [1.165, 1.54) is 25.7 Å². The Labute approximate surface area is 186 Å². The highest BCUT2D eigenvalue weighted by Crippen LogP contribution is 2.38. The van der Waals surface area contributed by atoms with Crippen molar-refractivity contribution in [1.82, 2.24) is 9.55 Å². The summed E-state index contributed by atoms with van der Waals surface area (Å²) in [5.74, 6) is 0.982. The van der Waals surface area contributed by atoms with E-state index in [1.807, 2.05) is 34.9 Å². The summed E-state index contributed by atoms with van der Waals surface area (Å²) in [6, 6.07) is 9.92. The number of hydrogen-bond donors (Lipinski definition) is 0. The molecule has 2 aromatic heterocycles. The van der Waals surface area contributed by atoms with Gasteiger partial charge in [0.25, 0.3) is 5.56 Å². The molecular weight excluding hydrogens is 412 g/mol. The van der Waals surface area contributed by atoms with Crippen molar-refractivity contribution in [2.24, 2.45) is 0 Å². The highest BCUT2D eigenvalue weighted by atomic mass is 32.2. The van der Waals surface area contributed by atoms with Crippen molar-refractivity contribution < 1.29 is 4.74 Å². The van der Waals surface area contributed by atoms with Gasteiger partial charge in [-0.1, -0.05) is 62.6 Å². The van der Waals surface area contributed by atoms with E-state index in [4.69, 9.17) is 9.72 Å². The molecule has 0 atom stereocenters. The molecule has 0 unspecified atom stereocenters. The number of rotatable bonds is 8. The van der Waals surface area contributed by atoms with Crippen molar-refractivity contribution in [2.45, 2.75) is 76.7 Å². The number of unbranched alkanes of at least 4 members (excludes halogenated alkanes) is 4. The number of benzene rings is 1. The molecule has 1 aromatic carbocycles. The van der Waals surface area contributed by atoms with Gasteiger partial charge in [-0.3, -0.25) is 9.36 Å². The van der Waals surface area contributed by atoms with E-state index in [-0.39, 0.29) is 11.2 Å². The predicted molar refractivity (Wildman–Crippen MR) is 127 cm³/mol. The molecule has 0 bridgehead atoms. The summed E-state index contributed by atoms with van der Waals surface area (Å²) < 4.78 is 7.80. The Morgan fingerprint density at radius 1 is 1.17 bits per heavy atom. The molecule has 0 saturated heterocycles. The third-order valence-electron chi connectivity index (χ3n) is 5.57. The summed E-state index contributed by atoms with van der Waals surface area (Å²) >= 11 is 3.32. The second-order valence-corrected chi connectivity index (χ2v) is 10.7. The first-order valence-corrected chi connectivity index (χ1v) is 12.7. The Kier molecular flexibility index (Phi) is 6.66. The van der Waals surface area contributed by atoms with Crippen molar-refractivity contribution in [3.05, 3.63) is 51.1 Å². The maximum atomic E-state index is 13.7. The lowest BCUT2D eigenvalue weighted by Crippen LogP contribution is -2.32. The number of fused-ring (bicyclic) bond motifs is 3. The molecule has 0 saturated carbocycles. The SMILES string of the molecule is CCCCCCCSc1nc2sc3c(c2c(=O)n1-c1ccccc1)CC(C)(C)OC3. The molecule has 0 N–H and O–H groups in total. The van der Waals surface area contributed by atoms with E-state index in [9.17, 15) is 4.79 Å². The predicted octanol–water partition coefficient (Wildman–Crippen LogP) is 6.36. The Balaban J connectivity index is 1.74. The Morgan fingerprint density at radius 3 is 2.70 bits per heavy atom. The van der Waals surface area contributed by atoms with Crippen LogP contribution in [-0.2, 0) is 17.8 Å². The van der Waals surface area contributed by atoms with Crippen LogP contribution in [0.15, 0.2) is 40.3 Å². The van der Waals surface area contributed by atoms with Crippen molar-refractivity contribution in [3.8, 4) is 5.69 Å². The quantitative estimate of drug-likeness (QED) is 0.231. The van der Waals surface area contributed by atoms with E-state index >= 15 is 0 Å². The molecule has 0 amide bonds. The van der Waals surface area contributed by atoms with Gasteiger partial charge in [0.2, 0.25) is 0 Å². The van der Waals surface area contributed by atoms with Crippen molar-refractivity contribution in [2.75, 3.05) is 5.75 Å². The topological polar surface area (TPSA) is 44.1 Å².